The van der Waals surface area contributed by atoms with Crippen LogP contribution in [0.3, 0.4) is 0 Å². The van der Waals surface area contributed by atoms with Crippen LogP contribution in [0.25, 0.3) is 0 Å². The van der Waals surface area contributed by atoms with Crippen LogP contribution in [0.4, 0.5) is 0 Å². The zero-order chi connectivity index (χ0) is 20.4. The molecule has 0 spiro atoms. The minimum atomic E-state index is -1.14. The molecule has 0 saturated carbocycles. The average molecular weight is 384 g/mol. The number of rotatable bonds is 12. The fourth-order valence-corrected chi connectivity index (χ4v) is 3.23. The Morgan fingerprint density at radius 2 is 1.36 bits per heavy atom. The van der Waals surface area contributed by atoms with Gasteiger partial charge in [-0.25, -0.2) is 9.59 Å². The van der Waals surface area contributed by atoms with E-state index >= 15 is 0 Å². The highest BCUT2D eigenvalue weighted by Crippen LogP contribution is 2.33. The second-order valence-electron chi connectivity index (χ2n) is 6.87. The molecule has 2 aromatic rings. The van der Waals surface area contributed by atoms with Crippen LogP contribution in [0.1, 0.15) is 78.1 Å². The first-order valence-electron chi connectivity index (χ1n) is 9.90. The van der Waals surface area contributed by atoms with E-state index in [2.05, 4.69) is 6.92 Å². The van der Waals surface area contributed by atoms with Crippen LogP contribution in [0.5, 0.6) is 11.5 Å². The smallest absolute Gasteiger partial charge is 0.339 e. The van der Waals surface area contributed by atoms with Crippen molar-refractivity contribution in [2.24, 2.45) is 0 Å². The molecule has 0 atom stereocenters. The fourth-order valence-electron chi connectivity index (χ4n) is 3.23. The molecule has 0 amide bonds. The predicted molar refractivity (Wildman–Crippen MR) is 109 cm³/mol. The molecule has 0 bridgehead atoms. The number of ether oxygens (including phenoxy) is 1. The summed E-state index contributed by atoms with van der Waals surface area (Å²) < 4.78 is 5.86. The Bertz CT molecular complexity index is 783. The minimum Gasteiger partial charge on any atom is -0.478 e. The van der Waals surface area contributed by atoms with Crippen LogP contribution >= 0.6 is 0 Å². The molecule has 0 aliphatic carbocycles. The van der Waals surface area contributed by atoms with Gasteiger partial charge in [0.2, 0.25) is 0 Å². The third kappa shape index (κ3) is 6.12. The quantitative estimate of drug-likeness (QED) is 0.428. The van der Waals surface area contributed by atoms with Crippen LogP contribution in [0, 0.1) is 0 Å². The molecule has 150 valence electrons. The van der Waals surface area contributed by atoms with Gasteiger partial charge in [0.15, 0.2) is 0 Å². The summed E-state index contributed by atoms with van der Waals surface area (Å²) in [6, 6.07) is 11.5. The number of aromatic carboxylic acids is 2. The van der Waals surface area contributed by atoms with E-state index in [4.69, 9.17) is 4.74 Å². The molecule has 0 aliphatic heterocycles. The Morgan fingerprint density at radius 3 is 1.96 bits per heavy atom. The number of hydrogen-bond donors (Lipinski definition) is 2. The molecule has 0 radical (unpaired) electrons. The molecular weight excluding hydrogens is 356 g/mol. The van der Waals surface area contributed by atoms with Gasteiger partial charge in [0.1, 0.15) is 17.1 Å². The van der Waals surface area contributed by atoms with Crippen LogP contribution in [0.2, 0.25) is 0 Å². The van der Waals surface area contributed by atoms with Crippen LogP contribution < -0.4 is 4.74 Å². The summed E-state index contributed by atoms with van der Waals surface area (Å²) >= 11 is 0. The Balaban J connectivity index is 2.24. The topological polar surface area (TPSA) is 83.8 Å². The summed E-state index contributed by atoms with van der Waals surface area (Å²) in [5.74, 6) is -1.60. The molecule has 2 N–H and O–H groups in total. The normalized spacial score (nSPS) is 10.6. The largest absolute Gasteiger partial charge is 0.478 e. The van der Waals surface area contributed by atoms with Gasteiger partial charge in [-0.05, 0) is 37.1 Å². The van der Waals surface area contributed by atoms with Crippen LogP contribution in [0.15, 0.2) is 42.5 Å². The molecule has 0 saturated heterocycles. The SMILES string of the molecule is CCCCCCCCCc1c(C(=O)O)ccc(C(=O)O)c1Oc1ccccc1. The van der Waals surface area contributed by atoms with E-state index in [9.17, 15) is 19.8 Å². The van der Waals surface area contributed by atoms with Gasteiger partial charge in [-0.15, -0.1) is 0 Å². The maximum Gasteiger partial charge on any atom is 0.339 e. The molecule has 0 aliphatic rings. The number of carboxylic acids is 2. The van der Waals surface area contributed by atoms with Crippen molar-refractivity contribution < 1.29 is 24.5 Å². The zero-order valence-corrected chi connectivity index (χ0v) is 16.3. The fraction of sp³-hybridized carbons (Fsp3) is 0.391. The van der Waals surface area contributed by atoms with Crippen molar-refractivity contribution in [3.05, 3.63) is 59.2 Å². The third-order valence-electron chi connectivity index (χ3n) is 4.71. The highest BCUT2D eigenvalue weighted by Gasteiger charge is 2.22. The van der Waals surface area contributed by atoms with E-state index in [1.165, 1.54) is 37.8 Å². The molecule has 0 heterocycles. The van der Waals surface area contributed by atoms with Gasteiger partial charge < -0.3 is 14.9 Å². The standard InChI is InChI=1S/C23H28O5/c1-2-3-4-5-6-7-11-14-18-19(22(24)25)15-16-20(23(26)27)21(18)28-17-12-9-8-10-13-17/h8-10,12-13,15-16H,2-7,11,14H2,1H3,(H,24,25)(H,26,27). The summed E-state index contributed by atoms with van der Waals surface area (Å²) in [5, 5.41) is 19.1. The summed E-state index contributed by atoms with van der Waals surface area (Å²) in [7, 11) is 0. The Labute approximate surface area is 166 Å². The summed E-state index contributed by atoms with van der Waals surface area (Å²) in [4.78, 5) is 23.4. The number of hydrogen-bond acceptors (Lipinski definition) is 3. The lowest BCUT2D eigenvalue weighted by Gasteiger charge is -2.16. The van der Waals surface area contributed by atoms with Gasteiger partial charge in [-0.1, -0.05) is 63.6 Å². The second kappa shape index (κ2) is 11.1. The lowest BCUT2D eigenvalue weighted by atomic mass is 9.96. The van der Waals surface area contributed by atoms with Crippen molar-refractivity contribution in [1.82, 2.24) is 0 Å². The van der Waals surface area contributed by atoms with Gasteiger partial charge in [0.05, 0.1) is 5.56 Å². The van der Waals surface area contributed by atoms with Gasteiger partial charge >= 0.3 is 11.9 Å². The molecule has 2 rings (SSSR count). The molecular formula is C23H28O5. The first-order chi connectivity index (χ1) is 13.5. The highest BCUT2D eigenvalue weighted by molar-refractivity contribution is 5.96. The van der Waals surface area contributed by atoms with E-state index < -0.39 is 11.9 Å². The monoisotopic (exact) mass is 384 g/mol. The van der Waals surface area contributed by atoms with E-state index in [-0.39, 0.29) is 16.9 Å². The maximum atomic E-state index is 11.7. The maximum absolute atomic E-state index is 11.7. The van der Waals surface area contributed by atoms with E-state index in [1.54, 1.807) is 24.3 Å². The van der Waals surface area contributed by atoms with Crippen molar-refractivity contribution in [2.45, 2.75) is 58.3 Å². The van der Waals surface area contributed by atoms with Gasteiger partial charge in [0.25, 0.3) is 0 Å². The molecule has 5 nitrogen and oxygen atoms in total. The van der Waals surface area contributed by atoms with Gasteiger partial charge in [-0.2, -0.15) is 0 Å². The first-order valence-corrected chi connectivity index (χ1v) is 9.90. The van der Waals surface area contributed by atoms with Crippen molar-refractivity contribution in [3.8, 4) is 11.5 Å². The van der Waals surface area contributed by atoms with Gasteiger partial charge in [0, 0.05) is 5.56 Å². The van der Waals surface area contributed by atoms with E-state index in [0.29, 0.717) is 17.7 Å². The number of para-hydroxylation sites is 1. The van der Waals surface area contributed by atoms with Crippen molar-refractivity contribution in [2.75, 3.05) is 0 Å². The number of carbonyl (C=O) groups is 2. The number of unbranched alkanes of at least 4 members (excludes halogenated alkanes) is 6. The Kier molecular flexibility index (Phi) is 8.53. The summed E-state index contributed by atoms with van der Waals surface area (Å²) in [5.41, 5.74) is 0.526. The molecule has 5 heteroatoms. The van der Waals surface area contributed by atoms with E-state index in [0.717, 1.165) is 19.3 Å². The number of benzene rings is 2. The van der Waals surface area contributed by atoms with E-state index in [1.807, 2.05) is 6.07 Å². The molecule has 0 aromatic heterocycles. The Morgan fingerprint density at radius 1 is 0.786 bits per heavy atom. The zero-order valence-electron chi connectivity index (χ0n) is 16.3. The minimum absolute atomic E-state index is 0.0215. The third-order valence-corrected chi connectivity index (χ3v) is 4.71. The molecule has 0 unspecified atom stereocenters. The van der Waals surface area contributed by atoms with Gasteiger partial charge in [-0.3, -0.25) is 0 Å². The lowest BCUT2D eigenvalue weighted by Crippen LogP contribution is -2.09. The first kappa shape index (κ1) is 21.5. The Hall–Kier alpha value is -2.82. The molecule has 28 heavy (non-hydrogen) atoms. The predicted octanol–water partition coefficient (Wildman–Crippen LogP) is 6.17. The van der Waals surface area contributed by atoms with Crippen molar-refractivity contribution in [1.29, 1.82) is 0 Å². The lowest BCUT2D eigenvalue weighted by molar-refractivity contribution is 0.0677. The average Bonchev–Trinajstić information content (AvgIpc) is 2.68. The van der Waals surface area contributed by atoms with Crippen LogP contribution in [-0.2, 0) is 6.42 Å². The second-order valence-corrected chi connectivity index (χ2v) is 6.87. The highest BCUT2D eigenvalue weighted by atomic mass is 16.5. The van der Waals surface area contributed by atoms with Crippen molar-refractivity contribution in [3.63, 3.8) is 0 Å². The van der Waals surface area contributed by atoms with Crippen molar-refractivity contribution >= 4 is 11.9 Å². The summed E-state index contributed by atoms with van der Waals surface area (Å²) in [6.45, 7) is 2.18. The molecule has 2 aromatic carbocycles. The summed E-state index contributed by atoms with van der Waals surface area (Å²) in [6.07, 6.45) is 8.15. The number of carboxylic acid groups (broad SMARTS) is 2. The molecule has 0 fully saturated rings. The van der Waals surface area contributed by atoms with Crippen LogP contribution in [-0.4, -0.2) is 22.2 Å².